The lowest BCUT2D eigenvalue weighted by Gasteiger charge is -2.10. The number of hydrogen-bond donors (Lipinski definition) is 1. The lowest BCUT2D eigenvalue weighted by Crippen LogP contribution is -2.27. The predicted octanol–water partition coefficient (Wildman–Crippen LogP) is 3.61. The smallest absolute Gasteiger partial charge is 0.268 e. The van der Waals surface area contributed by atoms with Gasteiger partial charge in [0.05, 0.1) is 0 Å². The van der Waals surface area contributed by atoms with Gasteiger partial charge in [0.1, 0.15) is 5.69 Å². The van der Waals surface area contributed by atoms with E-state index in [-0.39, 0.29) is 5.91 Å². The van der Waals surface area contributed by atoms with Crippen molar-refractivity contribution in [3.05, 3.63) is 82.9 Å². The Balaban J connectivity index is 1.66. The Labute approximate surface area is 143 Å². The van der Waals surface area contributed by atoms with Crippen molar-refractivity contribution >= 4 is 21.8 Å². The van der Waals surface area contributed by atoms with Crippen LogP contribution >= 0.6 is 15.9 Å². The summed E-state index contributed by atoms with van der Waals surface area (Å²) < 4.78 is 2.89. The first-order chi connectivity index (χ1) is 11.2. The highest BCUT2D eigenvalue weighted by atomic mass is 79.9. The number of rotatable bonds is 5. The maximum atomic E-state index is 12.4. The molecule has 0 aliphatic rings. The standard InChI is InChI=1S/C18H16BrN3O/c19-14-6-8-16(9-7-14)22-13-3-5-17(22)18(23)21-12-10-15-4-1-2-11-20-15/h1-9,11,13H,10,12H2,(H,21,23). The number of carbonyl (C=O) groups excluding carboxylic acids is 1. The largest absolute Gasteiger partial charge is 0.350 e. The summed E-state index contributed by atoms with van der Waals surface area (Å²) >= 11 is 3.42. The summed E-state index contributed by atoms with van der Waals surface area (Å²) in [6.07, 6.45) is 4.36. The predicted molar refractivity (Wildman–Crippen MR) is 93.7 cm³/mol. The zero-order chi connectivity index (χ0) is 16.1. The second-order valence-corrected chi connectivity index (χ2v) is 5.98. The van der Waals surface area contributed by atoms with Gasteiger partial charge in [0.25, 0.3) is 5.91 Å². The highest BCUT2D eigenvalue weighted by Crippen LogP contribution is 2.16. The number of nitrogens with one attached hydrogen (secondary N) is 1. The van der Waals surface area contributed by atoms with Gasteiger partial charge >= 0.3 is 0 Å². The Kier molecular flexibility index (Phi) is 4.88. The van der Waals surface area contributed by atoms with Crippen LogP contribution in [-0.4, -0.2) is 22.0 Å². The van der Waals surface area contributed by atoms with Crippen molar-refractivity contribution in [3.8, 4) is 5.69 Å². The molecule has 0 saturated heterocycles. The van der Waals surface area contributed by atoms with Crippen LogP contribution in [0.1, 0.15) is 16.2 Å². The van der Waals surface area contributed by atoms with Crippen LogP contribution in [0, 0.1) is 0 Å². The van der Waals surface area contributed by atoms with Crippen LogP contribution in [0.15, 0.2) is 71.5 Å². The molecule has 3 aromatic rings. The summed E-state index contributed by atoms with van der Waals surface area (Å²) in [5, 5.41) is 2.95. The molecule has 0 aliphatic heterocycles. The second kappa shape index (κ2) is 7.24. The molecule has 0 spiro atoms. The molecule has 0 unspecified atom stereocenters. The fourth-order valence-corrected chi connectivity index (χ4v) is 2.60. The Hall–Kier alpha value is -2.40. The van der Waals surface area contributed by atoms with Crippen molar-refractivity contribution in [3.63, 3.8) is 0 Å². The number of benzene rings is 1. The summed E-state index contributed by atoms with van der Waals surface area (Å²) in [6, 6.07) is 17.3. The molecule has 0 atom stereocenters. The molecule has 0 aliphatic carbocycles. The molecule has 2 heterocycles. The number of halogens is 1. The minimum absolute atomic E-state index is 0.0890. The van der Waals surface area contributed by atoms with Gasteiger partial charge in [-0.25, -0.2) is 0 Å². The molecule has 1 amide bonds. The molecule has 0 saturated carbocycles. The molecule has 3 rings (SSSR count). The van der Waals surface area contributed by atoms with Crippen LogP contribution < -0.4 is 5.32 Å². The molecule has 1 N–H and O–H groups in total. The van der Waals surface area contributed by atoms with E-state index in [1.165, 1.54) is 0 Å². The fourth-order valence-electron chi connectivity index (χ4n) is 2.33. The van der Waals surface area contributed by atoms with Crippen LogP contribution in [-0.2, 0) is 6.42 Å². The van der Waals surface area contributed by atoms with E-state index in [4.69, 9.17) is 0 Å². The van der Waals surface area contributed by atoms with Gasteiger partial charge in [-0.3, -0.25) is 9.78 Å². The Morgan fingerprint density at radius 3 is 2.65 bits per heavy atom. The van der Waals surface area contributed by atoms with Crippen molar-refractivity contribution in [1.29, 1.82) is 0 Å². The van der Waals surface area contributed by atoms with E-state index in [9.17, 15) is 4.79 Å². The first-order valence-corrected chi connectivity index (χ1v) is 8.15. The first-order valence-electron chi connectivity index (χ1n) is 7.35. The van der Waals surface area contributed by atoms with Gasteiger partial charge in [0, 0.05) is 41.2 Å². The molecule has 116 valence electrons. The molecule has 0 radical (unpaired) electrons. The van der Waals surface area contributed by atoms with Crippen molar-refractivity contribution < 1.29 is 4.79 Å². The van der Waals surface area contributed by atoms with Gasteiger partial charge in [0.15, 0.2) is 0 Å². The summed E-state index contributed by atoms with van der Waals surface area (Å²) in [5.41, 5.74) is 2.54. The average Bonchev–Trinajstić information content (AvgIpc) is 3.06. The van der Waals surface area contributed by atoms with Gasteiger partial charge < -0.3 is 9.88 Å². The molecule has 0 bridgehead atoms. The topological polar surface area (TPSA) is 46.9 Å². The molecule has 4 nitrogen and oxygen atoms in total. The molecular formula is C18H16BrN3O. The van der Waals surface area contributed by atoms with Gasteiger partial charge in [-0.2, -0.15) is 0 Å². The third-order valence-electron chi connectivity index (χ3n) is 3.48. The van der Waals surface area contributed by atoms with Gasteiger partial charge in [-0.05, 0) is 48.5 Å². The Morgan fingerprint density at radius 2 is 1.91 bits per heavy atom. The molecular weight excluding hydrogens is 354 g/mol. The van der Waals surface area contributed by atoms with Gasteiger partial charge in [0.2, 0.25) is 0 Å². The summed E-state index contributed by atoms with van der Waals surface area (Å²) in [4.78, 5) is 16.6. The van der Waals surface area contributed by atoms with Crippen LogP contribution in [0.3, 0.4) is 0 Å². The Bertz CT molecular complexity index is 782. The van der Waals surface area contributed by atoms with Gasteiger partial charge in [-0.1, -0.05) is 22.0 Å². The van der Waals surface area contributed by atoms with E-state index in [1.54, 1.807) is 6.20 Å². The third kappa shape index (κ3) is 3.87. The lowest BCUT2D eigenvalue weighted by molar-refractivity contribution is 0.0947. The number of pyridine rings is 1. The average molecular weight is 370 g/mol. The quantitative estimate of drug-likeness (QED) is 0.746. The fraction of sp³-hybridized carbons (Fsp3) is 0.111. The number of aromatic nitrogens is 2. The summed E-state index contributed by atoms with van der Waals surface area (Å²) in [5.74, 6) is -0.0890. The van der Waals surface area contributed by atoms with E-state index < -0.39 is 0 Å². The van der Waals surface area contributed by atoms with E-state index in [0.717, 1.165) is 15.9 Å². The Morgan fingerprint density at radius 1 is 1.09 bits per heavy atom. The zero-order valence-electron chi connectivity index (χ0n) is 12.4. The third-order valence-corrected chi connectivity index (χ3v) is 4.01. The van der Waals surface area contributed by atoms with E-state index >= 15 is 0 Å². The van der Waals surface area contributed by atoms with Crippen molar-refractivity contribution in [2.75, 3.05) is 6.54 Å². The molecule has 5 heteroatoms. The molecule has 2 aromatic heterocycles. The van der Waals surface area contributed by atoms with Crippen LogP contribution in [0.25, 0.3) is 5.69 Å². The highest BCUT2D eigenvalue weighted by molar-refractivity contribution is 9.10. The van der Waals surface area contributed by atoms with Crippen molar-refractivity contribution in [2.24, 2.45) is 0 Å². The molecule has 23 heavy (non-hydrogen) atoms. The van der Waals surface area contributed by atoms with Crippen LogP contribution in [0.2, 0.25) is 0 Å². The maximum absolute atomic E-state index is 12.4. The minimum atomic E-state index is -0.0890. The zero-order valence-corrected chi connectivity index (χ0v) is 14.0. The van der Waals surface area contributed by atoms with Gasteiger partial charge in [-0.15, -0.1) is 0 Å². The van der Waals surface area contributed by atoms with E-state index in [2.05, 4.69) is 26.2 Å². The summed E-state index contributed by atoms with van der Waals surface area (Å²) in [6.45, 7) is 0.557. The molecule has 1 aromatic carbocycles. The number of hydrogen-bond acceptors (Lipinski definition) is 2. The summed E-state index contributed by atoms with van der Waals surface area (Å²) in [7, 11) is 0. The van der Waals surface area contributed by atoms with E-state index in [0.29, 0.717) is 18.7 Å². The highest BCUT2D eigenvalue weighted by Gasteiger charge is 2.11. The van der Waals surface area contributed by atoms with Crippen LogP contribution in [0.5, 0.6) is 0 Å². The number of nitrogens with zero attached hydrogens (tertiary/aromatic N) is 2. The second-order valence-electron chi connectivity index (χ2n) is 5.07. The van der Waals surface area contributed by atoms with Crippen LogP contribution in [0.4, 0.5) is 0 Å². The van der Waals surface area contributed by atoms with Crippen molar-refractivity contribution in [2.45, 2.75) is 6.42 Å². The normalized spacial score (nSPS) is 10.5. The van der Waals surface area contributed by atoms with E-state index in [1.807, 2.05) is 65.4 Å². The maximum Gasteiger partial charge on any atom is 0.268 e. The number of amides is 1. The minimum Gasteiger partial charge on any atom is -0.350 e. The monoisotopic (exact) mass is 369 g/mol. The number of carbonyl (C=O) groups is 1. The molecule has 0 fully saturated rings. The van der Waals surface area contributed by atoms with Crippen molar-refractivity contribution in [1.82, 2.24) is 14.9 Å². The first kappa shape index (κ1) is 15.5. The SMILES string of the molecule is O=C(NCCc1ccccn1)c1cccn1-c1ccc(Br)cc1. The lowest BCUT2D eigenvalue weighted by atomic mass is 10.2.